The Bertz CT molecular complexity index is 1140. The summed E-state index contributed by atoms with van der Waals surface area (Å²) in [5.41, 5.74) is 3.76. The fourth-order valence-electron chi connectivity index (χ4n) is 2.98. The Labute approximate surface area is 168 Å². The Morgan fingerprint density at radius 3 is 2.59 bits per heavy atom. The Balaban J connectivity index is 1.56. The molecule has 4 aromatic rings. The van der Waals surface area contributed by atoms with Crippen molar-refractivity contribution in [3.63, 3.8) is 0 Å². The maximum absolute atomic E-state index is 12.7. The Hall–Kier alpha value is -3.87. The van der Waals surface area contributed by atoms with Gasteiger partial charge in [0.05, 0.1) is 13.3 Å². The summed E-state index contributed by atoms with van der Waals surface area (Å²) in [6.45, 7) is 2.56. The number of nitrogens with zero attached hydrogens (tertiary/aromatic N) is 3. The highest BCUT2D eigenvalue weighted by Gasteiger charge is 2.15. The van der Waals surface area contributed by atoms with Gasteiger partial charge in [0.25, 0.3) is 5.91 Å². The van der Waals surface area contributed by atoms with Crippen molar-refractivity contribution in [2.24, 2.45) is 0 Å². The predicted octanol–water partition coefficient (Wildman–Crippen LogP) is 3.91. The van der Waals surface area contributed by atoms with Crippen molar-refractivity contribution in [2.45, 2.75) is 13.5 Å². The van der Waals surface area contributed by atoms with Gasteiger partial charge in [0, 0.05) is 12.2 Å². The van der Waals surface area contributed by atoms with Crippen LogP contribution in [-0.4, -0.2) is 27.6 Å². The molecule has 7 heteroatoms. The Morgan fingerprint density at radius 1 is 1.10 bits per heavy atom. The zero-order chi connectivity index (χ0) is 20.2. The number of hydrogen-bond acceptors (Lipinski definition) is 5. The summed E-state index contributed by atoms with van der Waals surface area (Å²) in [5, 5.41) is 10.8. The molecule has 0 saturated heterocycles. The van der Waals surface area contributed by atoms with E-state index in [0.717, 1.165) is 22.6 Å². The van der Waals surface area contributed by atoms with E-state index in [1.165, 1.54) is 6.20 Å². The summed E-state index contributed by atoms with van der Waals surface area (Å²) >= 11 is 0. The number of amides is 1. The summed E-state index contributed by atoms with van der Waals surface area (Å²) in [4.78, 5) is 17.0. The fourth-order valence-corrected chi connectivity index (χ4v) is 2.98. The molecule has 0 atom stereocenters. The summed E-state index contributed by atoms with van der Waals surface area (Å²) in [5.74, 6) is 1.25. The van der Waals surface area contributed by atoms with Crippen LogP contribution in [0.3, 0.4) is 0 Å². The van der Waals surface area contributed by atoms with E-state index in [4.69, 9.17) is 4.74 Å². The molecule has 0 aliphatic rings. The topological polar surface area (TPSA) is 80.5 Å². The molecule has 2 heterocycles. The van der Waals surface area contributed by atoms with Crippen LogP contribution < -0.4 is 15.4 Å². The quantitative estimate of drug-likeness (QED) is 0.524. The van der Waals surface area contributed by atoms with Crippen molar-refractivity contribution in [1.82, 2.24) is 14.6 Å². The second kappa shape index (κ2) is 8.02. The van der Waals surface area contributed by atoms with E-state index >= 15 is 0 Å². The lowest BCUT2D eigenvalue weighted by molar-refractivity contribution is 0.102. The first kappa shape index (κ1) is 18.5. The van der Waals surface area contributed by atoms with Gasteiger partial charge in [-0.1, -0.05) is 30.3 Å². The van der Waals surface area contributed by atoms with Crippen molar-refractivity contribution in [1.29, 1.82) is 0 Å². The highest BCUT2D eigenvalue weighted by Crippen LogP contribution is 2.18. The van der Waals surface area contributed by atoms with Crippen molar-refractivity contribution < 1.29 is 9.53 Å². The first-order chi connectivity index (χ1) is 14.1. The Morgan fingerprint density at radius 2 is 1.86 bits per heavy atom. The smallest absolute Gasteiger partial charge is 0.276 e. The van der Waals surface area contributed by atoms with Crippen LogP contribution in [0.1, 0.15) is 21.6 Å². The van der Waals surface area contributed by atoms with Gasteiger partial charge >= 0.3 is 0 Å². The molecular weight excluding hydrogens is 366 g/mol. The van der Waals surface area contributed by atoms with E-state index in [2.05, 4.69) is 20.7 Å². The number of anilines is 2. The third-order valence-electron chi connectivity index (χ3n) is 4.57. The number of ether oxygens (including phenoxy) is 1. The van der Waals surface area contributed by atoms with Gasteiger partial charge in [-0.05, 0) is 48.4 Å². The second-order valence-electron chi connectivity index (χ2n) is 6.61. The molecule has 0 bridgehead atoms. The van der Waals surface area contributed by atoms with Gasteiger partial charge in [-0.3, -0.25) is 4.79 Å². The fraction of sp³-hybridized carbons (Fsp3) is 0.136. The van der Waals surface area contributed by atoms with Gasteiger partial charge in [-0.2, -0.15) is 0 Å². The first-order valence-electron chi connectivity index (χ1n) is 9.22. The summed E-state index contributed by atoms with van der Waals surface area (Å²) in [7, 11) is 1.65. The lowest BCUT2D eigenvalue weighted by Gasteiger charge is -2.11. The number of aryl methyl sites for hydroxylation is 1. The molecule has 146 valence electrons. The van der Waals surface area contributed by atoms with Crippen LogP contribution >= 0.6 is 0 Å². The molecule has 2 aromatic heterocycles. The zero-order valence-corrected chi connectivity index (χ0v) is 16.2. The number of aromatic nitrogens is 3. The number of carbonyl (C=O) groups excluding carboxylic acids is 1. The van der Waals surface area contributed by atoms with Crippen molar-refractivity contribution in [3.05, 3.63) is 83.7 Å². The minimum atomic E-state index is -0.263. The first-order valence-corrected chi connectivity index (χ1v) is 9.22. The van der Waals surface area contributed by atoms with Gasteiger partial charge < -0.3 is 15.4 Å². The summed E-state index contributed by atoms with van der Waals surface area (Å²) in [6.07, 6.45) is 1.54. The average Bonchev–Trinajstić information content (AvgIpc) is 3.15. The van der Waals surface area contributed by atoms with Crippen LogP contribution in [0, 0.1) is 6.92 Å². The number of carbonyl (C=O) groups is 1. The van der Waals surface area contributed by atoms with Crippen molar-refractivity contribution in [2.75, 3.05) is 17.7 Å². The van der Waals surface area contributed by atoms with Crippen LogP contribution in [0.25, 0.3) is 5.65 Å². The minimum absolute atomic E-state index is 0.263. The minimum Gasteiger partial charge on any atom is -0.497 e. The van der Waals surface area contributed by atoms with E-state index in [0.29, 0.717) is 23.7 Å². The zero-order valence-electron chi connectivity index (χ0n) is 16.2. The molecule has 0 fully saturated rings. The number of benzene rings is 2. The summed E-state index contributed by atoms with van der Waals surface area (Å²) in [6, 6.07) is 19.0. The number of rotatable bonds is 6. The van der Waals surface area contributed by atoms with E-state index in [-0.39, 0.29) is 5.91 Å². The molecule has 0 unspecified atom stereocenters. The van der Waals surface area contributed by atoms with Crippen LogP contribution in [0.15, 0.2) is 66.9 Å². The third kappa shape index (κ3) is 4.03. The summed E-state index contributed by atoms with van der Waals surface area (Å²) < 4.78 is 6.74. The van der Waals surface area contributed by atoms with Crippen LogP contribution in [-0.2, 0) is 6.54 Å². The van der Waals surface area contributed by atoms with Crippen molar-refractivity contribution >= 4 is 23.1 Å². The molecule has 29 heavy (non-hydrogen) atoms. The molecular formula is C22H21N5O2. The van der Waals surface area contributed by atoms with E-state index in [1.54, 1.807) is 11.6 Å². The van der Waals surface area contributed by atoms with Crippen LogP contribution in [0.5, 0.6) is 5.75 Å². The molecule has 1 amide bonds. The average molecular weight is 387 g/mol. The van der Waals surface area contributed by atoms with Gasteiger partial charge in [-0.25, -0.2) is 9.50 Å². The van der Waals surface area contributed by atoms with Gasteiger partial charge in [0.1, 0.15) is 11.6 Å². The maximum Gasteiger partial charge on any atom is 0.276 e. The lowest BCUT2D eigenvalue weighted by atomic mass is 10.2. The highest BCUT2D eigenvalue weighted by molar-refractivity contribution is 6.03. The van der Waals surface area contributed by atoms with Gasteiger partial charge in [0.15, 0.2) is 11.3 Å². The number of methoxy groups -OCH3 is 1. The molecule has 7 nitrogen and oxygen atoms in total. The third-order valence-corrected chi connectivity index (χ3v) is 4.57. The highest BCUT2D eigenvalue weighted by atomic mass is 16.5. The van der Waals surface area contributed by atoms with E-state index in [1.807, 2.05) is 67.6 Å². The molecule has 0 spiro atoms. The standard InChI is InChI=1S/C22H21N5O2/c1-15-12-20-23-14-19(22(28)25-17-6-4-3-5-7-17)27(20)26-21(15)24-13-16-8-10-18(29-2)11-9-16/h3-12,14H,13H2,1-2H3,(H,24,26)(H,25,28). The largest absolute Gasteiger partial charge is 0.497 e. The van der Waals surface area contributed by atoms with Crippen molar-refractivity contribution in [3.8, 4) is 5.75 Å². The maximum atomic E-state index is 12.7. The molecule has 0 aliphatic carbocycles. The van der Waals surface area contributed by atoms with Crippen LogP contribution in [0.2, 0.25) is 0 Å². The second-order valence-corrected chi connectivity index (χ2v) is 6.61. The molecule has 2 N–H and O–H groups in total. The molecule has 0 radical (unpaired) electrons. The molecule has 4 rings (SSSR count). The van der Waals surface area contributed by atoms with Gasteiger partial charge in [0.2, 0.25) is 0 Å². The van der Waals surface area contributed by atoms with Crippen LogP contribution in [0.4, 0.5) is 11.5 Å². The number of hydrogen-bond donors (Lipinski definition) is 2. The molecule has 2 aromatic carbocycles. The molecule has 0 saturated carbocycles. The number of imidazole rings is 1. The number of fused-ring (bicyclic) bond motifs is 1. The Kier molecular flexibility index (Phi) is 5.11. The lowest BCUT2D eigenvalue weighted by Crippen LogP contribution is -2.16. The molecule has 0 aliphatic heterocycles. The normalized spacial score (nSPS) is 10.7. The number of nitrogens with one attached hydrogen (secondary N) is 2. The predicted molar refractivity (Wildman–Crippen MR) is 112 cm³/mol. The van der Waals surface area contributed by atoms with E-state index < -0.39 is 0 Å². The monoisotopic (exact) mass is 387 g/mol. The van der Waals surface area contributed by atoms with E-state index in [9.17, 15) is 4.79 Å². The number of para-hydroxylation sites is 1. The van der Waals surface area contributed by atoms with Gasteiger partial charge in [-0.15, -0.1) is 5.10 Å². The SMILES string of the molecule is COc1ccc(CNc2nn3c(C(=O)Nc4ccccc4)cnc3cc2C)cc1.